The molecule has 0 saturated heterocycles. The quantitative estimate of drug-likeness (QED) is 0.213. The molecule has 0 aliphatic heterocycles. The maximum absolute atomic E-state index is 5.71. The average molecular weight is 533 g/mol. The van der Waals surface area contributed by atoms with Crippen molar-refractivity contribution in [3.05, 3.63) is 119 Å². The number of nitrogens with one attached hydrogen (secondary N) is 2. The van der Waals surface area contributed by atoms with Gasteiger partial charge in [0.05, 0.1) is 41.6 Å². The Morgan fingerprint density at radius 3 is 2.60 bits per heavy atom. The van der Waals surface area contributed by atoms with E-state index in [0.717, 1.165) is 60.8 Å². The number of fused-ring (bicyclic) bond motifs is 2. The molecule has 5 aromatic rings. The Hall–Kier alpha value is -4.07. The number of para-hydroxylation sites is 2. The van der Waals surface area contributed by atoms with Crippen molar-refractivity contribution in [1.29, 1.82) is 0 Å². The van der Waals surface area contributed by atoms with Crippen molar-refractivity contribution in [2.75, 3.05) is 6.61 Å². The van der Waals surface area contributed by atoms with E-state index < -0.39 is 0 Å². The average Bonchev–Trinajstić information content (AvgIpc) is 3.41. The van der Waals surface area contributed by atoms with E-state index in [1.54, 1.807) is 0 Å². The van der Waals surface area contributed by atoms with E-state index >= 15 is 0 Å². The molecule has 3 heterocycles. The lowest BCUT2D eigenvalue weighted by Crippen LogP contribution is -2.31. The summed E-state index contributed by atoms with van der Waals surface area (Å²) in [6, 6.07) is 25.6. The molecule has 3 aromatic heterocycles. The molecule has 7 heteroatoms. The number of pyridine rings is 2. The summed E-state index contributed by atoms with van der Waals surface area (Å²) in [5.74, 6) is 1.84. The van der Waals surface area contributed by atoms with Crippen molar-refractivity contribution < 1.29 is 4.74 Å². The van der Waals surface area contributed by atoms with Crippen LogP contribution in [-0.2, 0) is 32.6 Å². The van der Waals surface area contributed by atoms with E-state index in [4.69, 9.17) is 14.7 Å². The summed E-state index contributed by atoms with van der Waals surface area (Å²) in [5.41, 5.74) is 8.13. The largest absolute Gasteiger partial charge is 0.492 e. The zero-order valence-corrected chi connectivity index (χ0v) is 23.0. The fraction of sp³-hybridized carbons (Fsp3) is 0.303. The Kier molecular flexibility index (Phi) is 8.12. The molecule has 0 spiro atoms. The predicted molar refractivity (Wildman–Crippen MR) is 158 cm³/mol. The number of hydrogen-bond donors (Lipinski definition) is 2. The van der Waals surface area contributed by atoms with Gasteiger partial charge in [-0.3, -0.25) is 14.9 Å². The number of benzene rings is 2. The van der Waals surface area contributed by atoms with Crippen LogP contribution in [0.15, 0.2) is 85.2 Å². The molecular formula is C33H36N6O. The van der Waals surface area contributed by atoms with Gasteiger partial charge in [-0.1, -0.05) is 42.5 Å². The fourth-order valence-corrected chi connectivity index (χ4v) is 5.65. The second-order valence-corrected chi connectivity index (χ2v) is 10.4. The molecule has 0 fully saturated rings. The summed E-state index contributed by atoms with van der Waals surface area (Å²) in [7, 11) is 0. The normalized spacial score (nSPS) is 14.9. The highest BCUT2D eigenvalue weighted by Crippen LogP contribution is 2.34. The molecule has 0 amide bonds. The minimum atomic E-state index is 0.261. The van der Waals surface area contributed by atoms with Gasteiger partial charge in [0.1, 0.15) is 11.6 Å². The van der Waals surface area contributed by atoms with E-state index in [1.165, 1.54) is 28.8 Å². The van der Waals surface area contributed by atoms with E-state index in [9.17, 15) is 0 Å². The maximum atomic E-state index is 5.71. The number of rotatable bonds is 11. The second-order valence-electron chi connectivity index (χ2n) is 10.4. The van der Waals surface area contributed by atoms with E-state index in [0.29, 0.717) is 13.2 Å². The Morgan fingerprint density at radius 2 is 1.73 bits per heavy atom. The van der Waals surface area contributed by atoms with Crippen LogP contribution in [-0.4, -0.2) is 31.4 Å². The molecule has 1 aliphatic rings. The minimum absolute atomic E-state index is 0.261. The first-order valence-electron chi connectivity index (χ1n) is 14.2. The standard InChI is InChI=1S/C33H36N6O/c1-2-40-31-13-7-18-35-29(31)21-34-20-24-14-16-25(17-15-24)22-39(23-32-37-27-10-3-4-11-28(27)38-32)30-12-5-8-26-9-6-19-36-33(26)30/h3-4,6-7,9-11,13-19,30,34H,2,5,8,12,20-23H2,1H3,(H,37,38). The summed E-state index contributed by atoms with van der Waals surface area (Å²) < 4.78 is 5.71. The van der Waals surface area contributed by atoms with Gasteiger partial charge in [0.15, 0.2) is 0 Å². The van der Waals surface area contributed by atoms with Gasteiger partial charge in [0.25, 0.3) is 0 Å². The zero-order valence-electron chi connectivity index (χ0n) is 23.0. The van der Waals surface area contributed by atoms with E-state index in [2.05, 4.69) is 68.7 Å². The number of nitrogens with zero attached hydrogens (tertiary/aromatic N) is 4. The number of hydrogen-bond acceptors (Lipinski definition) is 6. The number of aryl methyl sites for hydroxylation is 1. The van der Waals surface area contributed by atoms with Gasteiger partial charge in [-0.2, -0.15) is 0 Å². The van der Waals surface area contributed by atoms with Crippen LogP contribution in [0, 0.1) is 0 Å². The van der Waals surface area contributed by atoms with Crippen molar-refractivity contribution in [2.45, 2.75) is 58.4 Å². The molecule has 7 nitrogen and oxygen atoms in total. The Morgan fingerprint density at radius 1 is 0.900 bits per heavy atom. The second kappa shape index (κ2) is 12.4. The van der Waals surface area contributed by atoms with Crippen molar-refractivity contribution in [1.82, 2.24) is 30.2 Å². The molecule has 6 rings (SSSR count). The molecule has 2 aromatic carbocycles. The third kappa shape index (κ3) is 6.06. The topological polar surface area (TPSA) is 79.0 Å². The number of H-pyrrole nitrogens is 1. The van der Waals surface area contributed by atoms with Gasteiger partial charge in [0, 0.05) is 32.0 Å². The van der Waals surface area contributed by atoms with E-state index in [1.807, 2.05) is 43.6 Å². The Labute approximate surface area is 235 Å². The van der Waals surface area contributed by atoms with Gasteiger partial charge < -0.3 is 15.0 Å². The molecule has 204 valence electrons. The van der Waals surface area contributed by atoms with Crippen LogP contribution in [0.2, 0.25) is 0 Å². The van der Waals surface area contributed by atoms with Gasteiger partial charge in [-0.15, -0.1) is 0 Å². The van der Waals surface area contributed by atoms with Gasteiger partial charge in [-0.05, 0) is 73.2 Å². The predicted octanol–water partition coefficient (Wildman–Crippen LogP) is 6.12. The highest BCUT2D eigenvalue weighted by molar-refractivity contribution is 5.74. The lowest BCUT2D eigenvalue weighted by atomic mass is 9.90. The molecule has 2 N–H and O–H groups in total. The number of aromatic amines is 1. The SMILES string of the molecule is CCOc1cccnc1CNCc1ccc(CN(Cc2nc3ccccc3[nH]2)C2CCCc3cccnc32)cc1. The zero-order chi connectivity index (χ0) is 27.1. The maximum Gasteiger partial charge on any atom is 0.142 e. The van der Waals surface area contributed by atoms with Crippen molar-refractivity contribution in [3.8, 4) is 5.75 Å². The molecule has 1 aliphatic carbocycles. The summed E-state index contributed by atoms with van der Waals surface area (Å²) in [6.45, 7) is 5.63. The first-order valence-corrected chi connectivity index (χ1v) is 14.2. The van der Waals surface area contributed by atoms with E-state index in [-0.39, 0.29) is 6.04 Å². The first-order chi connectivity index (χ1) is 19.8. The Balaban J connectivity index is 1.16. The highest BCUT2D eigenvalue weighted by Gasteiger charge is 2.28. The third-order valence-corrected chi connectivity index (χ3v) is 7.58. The molecule has 1 unspecified atom stereocenters. The summed E-state index contributed by atoms with van der Waals surface area (Å²) in [5, 5.41) is 3.51. The van der Waals surface area contributed by atoms with Crippen LogP contribution < -0.4 is 10.1 Å². The van der Waals surface area contributed by atoms with Crippen molar-refractivity contribution in [2.24, 2.45) is 0 Å². The molecule has 1 atom stereocenters. The first kappa shape index (κ1) is 26.2. The lowest BCUT2D eigenvalue weighted by Gasteiger charge is -2.34. The van der Waals surface area contributed by atoms with Crippen LogP contribution in [0.4, 0.5) is 0 Å². The monoisotopic (exact) mass is 532 g/mol. The van der Waals surface area contributed by atoms with Crippen LogP contribution in [0.25, 0.3) is 11.0 Å². The number of aromatic nitrogens is 4. The number of imidazole rings is 1. The molecule has 0 radical (unpaired) electrons. The molecular weight excluding hydrogens is 496 g/mol. The van der Waals surface area contributed by atoms with Crippen LogP contribution >= 0.6 is 0 Å². The smallest absolute Gasteiger partial charge is 0.142 e. The minimum Gasteiger partial charge on any atom is -0.492 e. The summed E-state index contributed by atoms with van der Waals surface area (Å²) in [6.07, 6.45) is 7.12. The van der Waals surface area contributed by atoms with Crippen molar-refractivity contribution >= 4 is 11.0 Å². The fourth-order valence-electron chi connectivity index (χ4n) is 5.65. The summed E-state index contributed by atoms with van der Waals surface area (Å²) >= 11 is 0. The third-order valence-electron chi connectivity index (χ3n) is 7.58. The van der Waals surface area contributed by atoms with Gasteiger partial charge >= 0.3 is 0 Å². The van der Waals surface area contributed by atoms with Crippen LogP contribution in [0.5, 0.6) is 5.75 Å². The molecule has 0 bridgehead atoms. The summed E-state index contributed by atoms with van der Waals surface area (Å²) in [4.78, 5) is 20.3. The van der Waals surface area contributed by atoms with Crippen LogP contribution in [0.1, 0.15) is 59.7 Å². The lowest BCUT2D eigenvalue weighted by molar-refractivity contribution is 0.153. The number of ether oxygens (including phenoxy) is 1. The Bertz CT molecular complexity index is 1510. The van der Waals surface area contributed by atoms with Gasteiger partial charge in [-0.25, -0.2) is 4.98 Å². The van der Waals surface area contributed by atoms with Crippen molar-refractivity contribution in [3.63, 3.8) is 0 Å². The molecule has 0 saturated carbocycles. The van der Waals surface area contributed by atoms with Crippen LogP contribution in [0.3, 0.4) is 0 Å². The van der Waals surface area contributed by atoms with Gasteiger partial charge in [0.2, 0.25) is 0 Å². The highest BCUT2D eigenvalue weighted by atomic mass is 16.5. The molecule has 40 heavy (non-hydrogen) atoms.